The van der Waals surface area contributed by atoms with Crippen molar-refractivity contribution in [1.29, 1.82) is 0 Å². The molecule has 0 amide bonds. The number of aromatic nitrogens is 1. The van der Waals surface area contributed by atoms with E-state index in [2.05, 4.69) is 64.0 Å². The number of rotatable bonds is 6. The minimum absolute atomic E-state index is 0.359. The third kappa shape index (κ3) is 4.94. The van der Waals surface area contributed by atoms with Crippen LogP contribution in [0.4, 0.5) is 0 Å². The fourth-order valence-electron chi connectivity index (χ4n) is 2.31. The van der Waals surface area contributed by atoms with Crippen LogP contribution in [0, 0.1) is 11.3 Å². The molecular weight excluding hydrogens is 232 g/mol. The largest absolute Gasteiger partial charge is 0.314 e. The van der Waals surface area contributed by atoms with Crippen molar-refractivity contribution >= 4 is 0 Å². The summed E-state index contributed by atoms with van der Waals surface area (Å²) in [5.74, 6) is 1.13. The summed E-state index contributed by atoms with van der Waals surface area (Å²) in [5, 5.41) is 3.64. The van der Waals surface area contributed by atoms with Gasteiger partial charge in [-0.25, -0.2) is 0 Å². The van der Waals surface area contributed by atoms with Gasteiger partial charge < -0.3 is 5.32 Å². The smallest absolute Gasteiger partial charge is 0.0447 e. The average molecular weight is 262 g/mol. The molecule has 0 radical (unpaired) electrons. The SMILES string of the molecule is CCNC(CC(C)C(C)(C)C)C(C)c1ccccn1. The zero-order chi connectivity index (χ0) is 14.5. The minimum Gasteiger partial charge on any atom is -0.314 e. The Bertz CT molecular complexity index is 353. The van der Waals surface area contributed by atoms with Gasteiger partial charge in [0.15, 0.2) is 0 Å². The van der Waals surface area contributed by atoms with Gasteiger partial charge in [0.1, 0.15) is 0 Å². The van der Waals surface area contributed by atoms with Gasteiger partial charge in [0.05, 0.1) is 0 Å². The van der Waals surface area contributed by atoms with Gasteiger partial charge in [0, 0.05) is 23.9 Å². The minimum atomic E-state index is 0.359. The quantitative estimate of drug-likeness (QED) is 0.829. The maximum atomic E-state index is 4.51. The van der Waals surface area contributed by atoms with Crippen LogP contribution in [0.3, 0.4) is 0 Å². The van der Waals surface area contributed by atoms with E-state index in [1.54, 1.807) is 0 Å². The molecule has 0 fully saturated rings. The summed E-state index contributed by atoms with van der Waals surface area (Å²) in [7, 11) is 0. The maximum Gasteiger partial charge on any atom is 0.0447 e. The van der Waals surface area contributed by atoms with E-state index in [0.717, 1.165) is 6.54 Å². The van der Waals surface area contributed by atoms with E-state index in [9.17, 15) is 0 Å². The summed E-state index contributed by atoms with van der Waals surface area (Å²) in [4.78, 5) is 4.51. The summed E-state index contributed by atoms with van der Waals surface area (Å²) >= 11 is 0. The molecule has 0 aromatic carbocycles. The van der Waals surface area contributed by atoms with Gasteiger partial charge in [0.25, 0.3) is 0 Å². The van der Waals surface area contributed by atoms with Gasteiger partial charge in [0.2, 0.25) is 0 Å². The molecule has 0 aliphatic rings. The van der Waals surface area contributed by atoms with Crippen molar-refractivity contribution in [3.63, 3.8) is 0 Å². The molecule has 1 aromatic heterocycles. The summed E-state index contributed by atoms with van der Waals surface area (Å²) in [6.45, 7) is 14.8. The Kier molecular flexibility index (Phi) is 5.99. The predicted molar refractivity (Wildman–Crippen MR) is 83.4 cm³/mol. The van der Waals surface area contributed by atoms with Gasteiger partial charge in [-0.05, 0) is 36.4 Å². The number of likely N-dealkylation sites (N-methyl/N-ethyl adjacent to an activating group) is 1. The highest BCUT2D eigenvalue weighted by molar-refractivity contribution is 5.11. The zero-order valence-corrected chi connectivity index (χ0v) is 13.4. The molecular formula is C17H30N2. The number of nitrogens with zero attached hydrogens (tertiary/aromatic N) is 1. The number of hydrogen-bond donors (Lipinski definition) is 1. The molecule has 0 saturated heterocycles. The monoisotopic (exact) mass is 262 g/mol. The highest BCUT2D eigenvalue weighted by atomic mass is 14.9. The van der Waals surface area contributed by atoms with E-state index in [-0.39, 0.29) is 0 Å². The van der Waals surface area contributed by atoms with E-state index in [4.69, 9.17) is 0 Å². The second kappa shape index (κ2) is 7.04. The molecule has 19 heavy (non-hydrogen) atoms. The molecule has 3 atom stereocenters. The van der Waals surface area contributed by atoms with Crippen molar-refractivity contribution in [3.8, 4) is 0 Å². The highest BCUT2D eigenvalue weighted by Gasteiger charge is 2.27. The first kappa shape index (κ1) is 16.2. The molecule has 0 saturated carbocycles. The number of nitrogens with one attached hydrogen (secondary N) is 1. The third-order valence-electron chi connectivity index (χ3n) is 4.31. The second-order valence-corrected chi connectivity index (χ2v) is 6.71. The Morgan fingerprint density at radius 2 is 1.89 bits per heavy atom. The number of pyridine rings is 1. The lowest BCUT2D eigenvalue weighted by Crippen LogP contribution is -2.37. The molecule has 0 bridgehead atoms. The number of hydrogen-bond acceptors (Lipinski definition) is 2. The van der Waals surface area contributed by atoms with E-state index >= 15 is 0 Å². The second-order valence-electron chi connectivity index (χ2n) is 6.71. The summed E-state index contributed by atoms with van der Waals surface area (Å²) in [6.07, 6.45) is 3.08. The van der Waals surface area contributed by atoms with Crippen LogP contribution in [0.1, 0.15) is 59.6 Å². The molecule has 0 aliphatic heterocycles. The zero-order valence-electron chi connectivity index (χ0n) is 13.4. The summed E-state index contributed by atoms with van der Waals surface area (Å²) in [6, 6.07) is 6.69. The van der Waals surface area contributed by atoms with Gasteiger partial charge >= 0.3 is 0 Å². The third-order valence-corrected chi connectivity index (χ3v) is 4.31. The molecule has 1 aromatic rings. The fraction of sp³-hybridized carbons (Fsp3) is 0.706. The topological polar surface area (TPSA) is 24.9 Å². The van der Waals surface area contributed by atoms with E-state index < -0.39 is 0 Å². The lowest BCUT2D eigenvalue weighted by Gasteiger charge is -2.33. The Morgan fingerprint density at radius 3 is 2.37 bits per heavy atom. The van der Waals surface area contributed by atoms with Crippen LogP contribution in [0.5, 0.6) is 0 Å². The van der Waals surface area contributed by atoms with Gasteiger partial charge in [-0.15, -0.1) is 0 Å². The first-order chi connectivity index (χ1) is 8.86. The highest BCUT2D eigenvalue weighted by Crippen LogP contribution is 2.32. The van der Waals surface area contributed by atoms with Crippen LogP contribution in [-0.4, -0.2) is 17.6 Å². The van der Waals surface area contributed by atoms with E-state index in [1.807, 2.05) is 12.3 Å². The summed E-state index contributed by atoms with van der Waals surface area (Å²) < 4.78 is 0. The van der Waals surface area contributed by atoms with Crippen LogP contribution in [0.15, 0.2) is 24.4 Å². The Balaban J connectivity index is 2.77. The molecule has 1 rings (SSSR count). The first-order valence-corrected chi connectivity index (χ1v) is 7.50. The normalized spacial score (nSPS) is 16.9. The molecule has 1 heterocycles. The standard InChI is InChI=1S/C17H30N2/c1-7-18-16(12-13(2)17(4,5)6)14(3)15-10-8-9-11-19-15/h8-11,13-14,16,18H,7,12H2,1-6H3. The molecule has 108 valence electrons. The molecule has 2 heteroatoms. The van der Waals surface area contributed by atoms with Crippen molar-refractivity contribution in [2.24, 2.45) is 11.3 Å². The Hall–Kier alpha value is -0.890. The van der Waals surface area contributed by atoms with Gasteiger partial charge in [-0.3, -0.25) is 4.98 Å². The van der Waals surface area contributed by atoms with Crippen LogP contribution in [-0.2, 0) is 0 Å². The average Bonchev–Trinajstić information content (AvgIpc) is 2.37. The van der Waals surface area contributed by atoms with Gasteiger partial charge in [-0.2, -0.15) is 0 Å². The van der Waals surface area contributed by atoms with Crippen molar-refractivity contribution in [2.45, 2.75) is 59.9 Å². The fourth-order valence-corrected chi connectivity index (χ4v) is 2.31. The lowest BCUT2D eigenvalue weighted by atomic mass is 9.76. The molecule has 3 unspecified atom stereocenters. The van der Waals surface area contributed by atoms with Crippen molar-refractivity contribution in [2.75, 3.05) is 6.54 Å². The Morgan fingerprint density at radius 1 is 1.21 bits per heavy atom. The molecule has 1 N–H and O–H groups in total. The van der Waals surface area contributed by atoms with Crippen molar-refractivity contribution in [1.82, 2.24) is 10.3 Å². The van der Waals surface area contributed by atoms with Crippen molar-refractivity contribution < 1.29 is 0 Å². The summed E-state index contributed by atoms with van der Waals surface area (Å²) in [5.41, 5.74) is 1.55. The van der Waals surface area contributed by atoms with E-state index in [1.165, 1.54) is 12.1 Å². The van der Waals surface area contributed by atoms with Crippen molar-refractivity contribution in [3.05, 3.63) is 30.1 Å². The first-order valence-electron chi connectivity index (χ1n) is 7.50. The van der Waals surface area contributed by atoms with E-state index in [0.29, 0.717) is 23.3 Å². The van der Waals surface area contributed by atoms with Crippen LogP contribution >= 0.6 is 0 Å². The predicted octanol–water partition coefficient (Wildman–Crippen LogP) is 4.24. The maximum absolute atomic E-state index is 4.51. The van der Waals surface area contributed by atoms with Gasteiger partial charge in [-0.1, -0.05) is 47.6 Å². The Labute approximate surface area is 119 Å². The van der Waals surface area contributed by atoms with Crippen LogP contribution < -0.4 is 5.32 Å². The lowest BCUT2D eigenvalue weighted by molar-refractivity contribution is 0.214. The van der Waals surface area contributed by atoms with Crippen LogP contribution in [0.2, 0.25) is 0 Å². The van der Waals surface area contributed by atoms with Crippen LogP contribution in [0.25, 0.3) is 0 Å². The molecule has 2 nitrogen and oxygen atoms in total. The molecule has 0 spiro atoms. The molecule has 0 aliphatic carbocycles.